The molecule has 5 rings (SSSR count). The summed E-state index contributed by atoms with van der Waals surface area (Å²) >= 11 is 0. The Morgan fingerprint density at radius 2 is 1.76 bits per heavy atom. The highest BCUT2D eigenvalue weighted by Gasteiger charge is 2.14. The maximum Gasteiger partial charge on any atom is 0.221 e. The fourth-order valence-electron chi connectivity index (χ4n) is 5.35. The molecule has 2 amide bonds. The minimum atomic E-state index is -0.360. The number of aromatic nitrogens is 3. The van der Waals surface area contributed by atoms with Gasteiger partial charge in [-0.05, 0) is 72.0 Å². The van der Waals surface area contributed by atoms with Gasteiger partial charge in [0.1, 0.15) is 18.2 Å². The number of aryl methyl sites for hydroxylation is 2. The number of aromatic amines is 2. The molecule has 0 spiro atoms. The van der Waals surface area contributed by atoms with Gasteiger partial charge in [0.2, 0.25) is 11.8 Å². The van der Waals surface area contributed by atoms with Crippen molar-refractivity contribution in [2.75, 3.05) is 7.05 Å². The third kappa shape index (κ3) is 6.77. The van der Waals surface area contributed by atoms with E-state index < -0.39 is 0 Å². The third-order valence-electron chi connectivity index (χ3n) is 7.57. The molecule has 0 atom stereocenters. The molecule has 0 saturated carbocycles. The number of hydrogen-bond donors (Lipinski definition) is 4. The first kappa shape index (κ1) is 28.0. The van der Waals surface area contributed by atoms with E-state index in [1.807, 2.05) is 43.5 Å². The fraction of sp³-hybridized carbons (Fsp3) is 0.303. The summed E-state index contributed by atoms with van der Waals surface area (Å²) < 4.78 is 6.32. The molecule has 2 aromatic heterocycles. The topological polar surface area (TPSA) is 126 Å². The summed E-state index contributed by atoms with van der Waals surface area (Å²) in [7, 11) is 1.68. The molecule has 41 heavy (non-hydrogen) atoms. The van der Waals surface area contributed by atoms with E-state index in [9.17, 15) is 9.59 Å². The van der Waals surface area contributed by atoms with E-state index in [-0.39, 0.29) is 18.2 Å². The van der Waals surface area contributed by atoms with Gasteiger partial charge in [-0.3, -0.25) is 9.59 Å². The van der Waals surface area contributed by atoms with Gasteiger partial charge in [0.15, 0.2) is 0 Å². The molecule has 3 aromatic carbocycles. The number of fused-ring (bicyclic) bond motifs is 2. The molecule has 8 heteroatoms. The lowest BCUT2D eigenvalue weighted by atomic mass is 9.99. The zero-order valence-corrected chi connectivity index (χ0v) is 23.7. The summed E-state index contributed by atoms with van der Waals surface area (Å²) in [5, 5.41) is 5.92. The van der Waals surface area contributed by atoms with Gasteiger partial charge in [-0.25, -0.2) is 4.98 Å². The predicted octanol–water partition coefficient (Wildman–Crippen LogP) is 5.87. The minimum Gasteiger partial charge on any atom is -0.489 e. The molecule has 0 unspecified atom stereocenters. The normalized spacial score (nSPS) is 11.3. The van der Waals surface area contributed by atoms with E-state index in [2.05, 4.69) is 44.5 Å². The number of H-pyrrole nitrogens is 2. The maximum absolute atomic E-state index is 11.6. The summed E-state index contributed by atoms with van der Waals surface area (Å²) in [6.45, 7) is 2.33. The number of primary amides is 1. The molecular weight excluding hydrogens is 514 g/mol. The second kappa shape index (κ2) is 12.7. The smallest absolute Gasteiger partial charge is 0.221 e. The van der Waals surface area contributed by atoms with Crippen LogP contribution in [-0.2, 0) is 29.0 Å². The van der Waals surface area contributed by atoms with Crippen molar-refractivity contribution >= 4 is 33.5 Å². The average molecular weight is 552 g/mol. The standard InChI is InChI=1S/C33H37N5O3/c1-21-26(18-31(34)39)28-17-25(13-14-29(28)37-21)41-20-24-15-22-9-7-8-10-23(22)16-27(24)30-19-36-32(38-30)11-5-3-4-6-12-33(40)35-2/h7-10,13-17,19,37H,3-6,11-12,18,20H2,1-2H3,(H2,34,39)(H,35,40)(H,36,38). The SMILES string of the molecule is CNC(=O)CCCCCCc1ncc(-c2cc3ccccc3cc2COc2ccc3[nH]c(C)c(CC(N)=O)c3c2)[nH]1. The molecule has 0 bridgehead atoms. The Hall–Kier alpha value is -4.59. The van der Waals surface area contributed by atoms with Gasteiger partial charge in [0.05, 0.1) is 18.3 Å². The van der Waals surface area contributed by atoms with Gasteiger partial charge >= 0.3 is 0 Å². The van der Waals surface area contributed by atoms with E-state index >= 15 is 0 Å². The number of carbonyl (C=O) groups is 2. The van der Waals surface area contributed by atoms with Gasteiger partial charge in [-0.15, -0.1) is 0 Å². The van der Waals surface area contributed by atoms with Crippen LogP contribution in [0.4, 0.5) is 0 Å². The number of rotatable bonds is 13. The molecule has 2 heterocycles. The summed E-state index contributed by atoms with van der Waals surface area (Å²) in [6.07, 6.45) is 7.56. The van der Waals surface area contributed by atoms with Crippen LogP contribution >= 0.6 is 0 Å². The van der Waals surface area contributed by atoms with Gasteiger partial charge in [-0.1, -0.05) is 37.1 Å². The van der Waals surface area contributed by atoms with Gasteiger partial charge in [0, 0.05) is 42.0 Å². The number of hydrogen-bond acceptors (Lipinski definition) is 4. The van der Waals surface area contributed by atoms with Crippen LogP contribution in [0.1, 0.15) is 54.7 Å². The van der Waals surface area contributed by atoms with E-state index in [0.717, 1.165) is 93.4 Å². The molecule has 5 aromatic rings. The Kier molecular flexibility index (Phi) is 8.67. The van der Waals surface area contributed by atoms with Crippen LogP contribution in [0.25, 0.3) is 32.9 Å². The Bertz CT molecular complexity index is 1680. The highest BCUT2D eigenvalue weighted by molar-refractivity contribution is 5.91. The van der Waals surface area contributed by atoms with Crippen LogP contribution in [0, 0.1) is 6.92 Å². The Morgan fingerprint density at radius 3 is 2.54 bits per heavy atom. The lowest BCUT2D eigenvalue weighted by Gasteiger charge is -2.13. The van der Waals surface area contributed by atoms with E-state index in [1.54, 1.807) is 7.05 Å². The zero-order chi connectivity index (χ0) is 28.8. The van der Waals surface area contributed by atoms with Crippen LogP contribution in [0.3, 0.4) is 0 Å². The highest BCUT2D eigenvalue weighted by atomic mass is 16.5. The van der Waals surface area contributed by atoms with Crippen LogP contribution < -0.4 is 15.8 Å². The Balaban J connectivity index is 1.32. The van der Waals surface area contributed by atoms with Crippen molar-refractivity contribution in [3.63, 3.8) is 0 Å². The number of ether oxygens (including phenoxy) is 1. The monoisotopic (exact) mass is 551 g/mol. The number of nitrogens with zero attached hydrogens (tertiary/aromatic N) is 1. The summed E-state index contributed by atoms with van der Waals surface area (Å²) in [4.78, 5) is 34.5. The fourth-order valence-corrected chi connectivity index (χ4v) is 5.35. The lowest BCUT2D eigenvalue weighted by molar-refractivity contribution is -0.120. The average Bonchev–Trinajstić information content (AvgIpc) is 3.56. The summed E-state index contributed by atoms with van der Waals surface area (Å²) in [5.74, 6) is 1.43. The summed E-state index contributed by atoms with van der Waals surface area (Å²) in [5.41, 5.74) is 11.4. The molecular formula is C33H37N5O3. The zero-order valence-electron chi connectivity index (χ0n) is 23.7. The van der Waals surface area contributed by atoms with Gasteiger partial charge < -0.3 is 25.8 Å². The number of nitrogens with one attached hydrogen (secondary N) is 3. The molecule has 0 aliphatic carbocycles. The number of carbonyl (C=O) groups excluding carboxylic acids is 2. The second-order valence-corrected chi connectivity index (χ2v) is 10.6. The molecule has 0 fully saturated rings. The second-order valence-electron chi connectivity index (χ2n) is 10.6. The van der Waals surface area contributed by atoms with Crippen LogP contribution in [-0.4, -0.2) is 33.8 Å². The number of imidazole rings is 1. The summed E-state index contributed by atoms with van der Waals surface area (Å²) in [6, 6.07) is 18.6. The first-order valence-electron chi connectivity index (χ1n) is 14.2. The first-order valence-corrected chi connectivity index (χ1v) is 14.2. The predicted molar refractivity (Wildman–Crippen MR) is 163 cm³/mol. The van der Waals surface area contributed by atoms with Crippen LogP contribution in [0.5, 0.6) is 5.75 Å². The van der Waals surface area contributed by atoms with Crippen molar-refractivity contribution in [1.29, 1.82) is 0 Å². The van der Waals surface area contributed by atoms with Crippen molar-refractivity contribution in [3.05, 3.63) is 83.4 Å². The Labute approximate surface area is 239 Å². The Morgan fingerprint density at radius 1 is 0.976 bits per heavy atom. The molecule has 0 aliphatic heterocycles. The first-order chi connectivity index (χ1) is 19.9. The molecule has 5 N–H and O–H groups in total. The lowest BCUT2D eigenvalue weighted by Crippen LogP contribution is -2.16. The molecule has 0 saturated heterocycles. The number of unbranched alkanes of at least 4 members (excludes halogenated alkanes) is 3. The van der Waals surface area contributed by atoms with E-state index in [0.29, 0.717) is 13.0 Å². The molecule has 212 valence electrons. The van der Waals surface area contributed by atoms with Crippen molar-refractivity contribution in [3.8, 4) is 17.0 Å². The van der Waals surface area contributed by atoms with E-state index in [1.165, 1.54) is 0 Å². The van der Waals surface area contributed by atoms with Crippen LogP contribution in [0.2, 0.25) is 0 Å². The number of benzene rings is 3. The van der Waals surface area contributed by atoms with Crippen molar-refractivity contribution in [2.45, 2.75) is 58.5 Å². The maximum atomic E-state index is 11.6. The van der Waals surface area contributed by atoms with Crippen molar-refractivity contribution < 1.29 is 14.3 Å². The molecule has 0 aliphatic rings. The molecule has 8 nitrogen and oxygen atoms in total. The van der Waals surface area contributed by atoms with Crippen LogP contribution in [0.15, 0.2) is 60.8 Å². The quantitative estimate of drug-likeness (QED) is 0.137. The third-order valence-corrected chi connectivity index (χ3v) is 7.57. The number of nitrogens with two attached hydrogens (primary N) is 1. The van der Waals surface area contributed by atoms with Crippen molar-refractivity contribution in [1.82, 2.24) is 20.3 Å². The highest BCUT2D eigenvalue weighted by Crippen LogP contribution is 2.31. The van der Waals surface area contributed by atoms with Gasteiger partial charge in [0.25, 0.3) is 0 Å². The van der Waals surface area contributed by atoms with E-state index in [4.69, 9.17) is 10.5 Å². The van der Waals surface area contributed by atoms with Crippen molar-refractivity contribution in [2.24, 2.45) is 5.73 Å². The molecule has 0 radical (unpaired) electrons. The largest absolute Gasteiger partial charge is 0.489 e. The number of amides is 2. The minimum absolute atomic E-state index is 0.101. The van der Waals surface area contributed by atoms with Gasteiger partial charge in [-0.2, -0.15) is 0 Å².